The van der Waals surface area contributed by atoms with Gasteiger partial charge in [0.2, 0.25) is 5.91 Å². The Bertz CT molecular complexity index is 455. The summed E-state index contributed by atoms with van der Waals surface area (Å²) in [5.74, 6) is -0.0507. The van der Waals surface area contributed by atoms with E-state index in [9.17, 15) is 4.79 Å². The van der Waals surface area contributed by atoms with Gasteiger partial charge in [-0.1, -0.05) is 26.0 Å². The third-order valence-corrected chi connectivity index (χ3v) is 3.45. The monoisotopic (exact) mass is 234 g/mol. The van der Waals surface area contributed by atoms with Crippen molar-refractivity contribution in [1.82, 2.24) is 0 Å². The predicted molar refractivity (Wildman–Crippen MR) is 66.8 cm³/mol. The normalized spacial score (nSPS) is 15.3. The molecule has 0 fully saturated rings. The van der Waals surface area contributed by atoms with E-state index in [1.165, 1.54) is 4.90 Å². The van der Waals surface area contributed by atoms with E-state index >= 15 is 0 Å². The van der Waals surface area contributed by atoms with Crippen molar-refractivity contribution >= 4 is 11.6 Å². The standard InChI is InChI=1S/C13H18N2O2/c1-13(2,7-14)10-3-4-11-9(5-10)6-12(17)15(11)8-16/h3-5,16H,6-8,14H2,1-2H3. The van der Waals surface area contributed by atoms with Crippen LogP contribution in [-0.2, 0) is 16.6 Å². The molecule has 1 aromatic carbocycles. The van der Waals surface area contributed by atoms with Gasteiger partial charge in [-0.25, -0.2) is 0 Å². The first kappa shape index (κ1) is 12.1. The van der Waals surface area contributed by atoms with Crippen molar-refractivity contribution < 1.29 is 9.90 Å². The molecule has 0 aliphatic carbocycles. The van der Waals surface area contributed by atoms with E-state index in [0.29, 0.717) is 13.0 Å². The van der Waals surface area contributed by atoms with E-state index in [0.717, 1.165) is 16.8 Å². The second-order valence-corrected chi connectivity index (χ2v) is 5.07. The fourth-order valence-corrected chi connectivity index (χ4v) is 2.08. The van der Waals surface area contributed by atoms with Gasteiger partial charge in [0.1, 0.15) is 6.73 Å². The maximum absolute atomic E-state index is 11.6. The Morgan fingerprint density at radius 3 is 2.76 bits per heavy atom. The van der Waals surface area contributed by atoms with Crippen LogP contribution in [0, 0.1) is 0 Å². The minimum absolute atomic E-state index is 0.0507. The van der Waals surface area contributed by atoms with Gasteiger partial charge in [-0.2, -0.15) is 0 Å². The summed E-state index contributed by atoms with van der Waals surface area (Å²) in [6.07, 6.45) is 0.365. The molecule has 4 nitrogen and oxygen atoms in total. The van der Waals surface area contributed by atoms with Crippen LogP contribution < -0.4 is 10.6 Å². The van der Waals surface area contributed by atoms with E-state index < -0.39 is 0 Å². The number of anilines is 1. The van der Waals surface area contributed by atoms with Crippen LogP contribution in [0.3, 0.4) is 0 Å². The molecule has 0 saturated heterocycles. The second kappa shape index (κ2) is 4.13. The zero-order chi connectivity index (χ0) is 12.6. The minimum Gasteiger partial charge on any atom is -0.376 e. The molecule has 1 aliphatic heterocycles. The molecule has 0 saturated carbocycles. The largest absolute Gasteiger partial charge is 0.376 e. The minimum atomic E-state index is -0.258. The third kappa shape index (κ3) is 1.94. The number of nitrogens with two attached hydrogens (primary N) is 1. The van der Waals surface area contributed by atoms with Gasteiger partial charge in [0.15, 0.2) is 0 Å². The van der Waals surface area contributed by atoms with E-state index in [1.54, 1.807) is 0 Å². The van der Waals surface area contributed by atoms with Crippen LogP contribution in [0.2, 0.25) is 0 Å². The SMILES string of the molecule is CC(C)(CN)c1ccc2c(c1)CC(=O)N2CO. The topological polar surface area (TPSA) is 66.6 Å². The highest BCUT2D eigenvalue weighted by Gasteiger charge is 2.28. The first-order valence-corrected chi connectivity index (χ1v) is 5.74. The highest BCUT2D eigenvalue weighted by atomic mass is 16.3. The summed E-state index contributed by atoms with van der Waals surface area (Å²) in [5, 5.41) is 9.14. The summed E-state index contributed by atoms with van der Waals surface area (Å²) in [4.78, 5) is 13.0. The maximum atomic E-state index is 11.6. The fraction of sp³-hybridized carbons (Fsp3) is 0.462. The number of rotatable bonds is 3. The number of carbonyl (C=O) groups is 1. The molecule has 0 bridgehead atoms. The van der Waals surface area contributed by atoms with Crippen LogP contribution in [0.5, 0.6) is 0 Å². The molecule has 1 heterocycles. The average molecular weight is 234 g/mol. The van der Waals surface area contributed by atoms with Gasteiger partial charge in [0, 0.05) is 17.6 Å². The van der Waals surface area contributed by atoms with Gasteiger partial charge in [-0.05, 0) is 17.2 Å². The Morgan fingerprint density at radius 2 is 2.18 bits per heavy atom. The van der Waals surface area contributed by atoms with Crippen LogP contribution in [0.25, 0.3) is 0 Å². The third-order valence-electron chi connectivity index (χ3n) is 3.45. The Balaban J connectivity index is 2.41. The summed E-state index contributed by atoms with van der Waals surface area (Å²) >= 11 is 0. The molecular formula is C13H18N2O2. The first-order valence-electron chi connectivity index (χ1n) is 5.74. The lowest BCUT2D eigenvalue weighted by Gasteiger charge is -2.24. The van der Waals surface area contributed by atoms with Gasteiger partial charge >= 0.3 is 0 Å². The van der Waals surface area contributed by atoms with Gasteiger partial charge in [0.05, 0.1) is 6.42 Å². The number of fused-ring (bicyclic) bond motifs is 1. The van der Waals surface area contributed by atoms with Crippen molar-refractivity contribution in [2.45, 2.75) is 25.7 Å². The lowest BCUT2D eigenvalue weighted by Crippen LogP contribution is -2.28. The average Bonchev–Trinajstić information content (AvgIpc) is 2.63. The van der Waals surface area contributed by atoms with Crippen molar-refractivity contribution in [3.63, 3.8) is 0 Å². The summed E-state index contributed by atoms with van der Waals surface area (Å²) in [5.41, 5.74) is 8.57. The summed E-state index contributed by atoms with van der Waals surface area (Å²) in [6.45, 7) is 4.46. The van der Waals surface area contributed by atoms with E-state index in [-0.39, 0.29) is 18.1 Å². The molecule has 0 atom stereocenters. The van der Waals surface area contributed by atoms with Crippen LogP contribution in [0.1, 0.15) is 25.0 Å². The van der Waals surface area contributed by atoms with Crippen molar-refractivity contribution in [3.05, 3.63) is 29.3 Å². The van der Waals surface area contributed by atoms with Crippen molar-refractivity contribution in [1.29, 1.82) is 0 Å². The van der Waals surface area contributed by atoms with Crippen molar-refractivity contribution in [3.8, 4) is 0 Å². The van der Waals surface area contributed by atoms with Gasteiger partial charge in [0.25, 0.3) is 0 Å². The number of amides is 1. The summed E-state index contributed by atoms with van der Waals surface area (Å²) in [6, 6.07) is 5.89. The van der Waals surface area contributed by atoms with E-state index in [4.69, 9.17) is 10.8 Å². The van der Waals surface area contributed by atoms with E-state index in [2.05, 4.69) is 13.8 Å². The molecule has 3 N–H and O–H groups in total. The molecule has 0 aromatic heterocycles. The number of nitrogens with zero attached hydrogens (tertiary/aromatic N) is 1. The highest BCUT2D eigenvalue weighted by Crippen LogP contribution is 2.32. The summed E-state index contributed by atoms with van der Waals surface area (Å²) < 4.78 is 0. The predicted octanol–water partition coefficient (Wildman–Crippen LogP) is 0.762. The Labute approximate surface area is 101 Å². The van der Waals surface area contributed by atoms with Crippen molar-refractivity contribution in [2.75, 3.05) is 18.2 Å². The Kier molecular flexibility index (Phi) is 2.93. The molecule has 2 rings (SSSR count). The van der Waals surface area contributed by atoms with Crippen LogP contribution in [0.15, 0.2) is 18.2 Å². The lowest BCUT2D eigenvalue weighted by molar-refractivity contribution is -0.118. The molecule has 1 aliphatic rings. The number of benzene rings is 1. The zero-order valence-electron chi connectivity index (χ0n) is 10.2. The second-order valence-electron chi connectivity index (χ2n) is 5.07. The molecule has 0 radical (unpaired) electrons. The number of hydrogen-bond donors (Lipinski definition) is 2. The molecule has 92 valence electrons. The van der Waals surface area contributed by atoms with Gasteiger partial charge < -0.3 is 10.8 Å². The molecule has 17 heavy (non-hydrogen) atoms. The fourth-order valence-electron chi connectivity index (χ4n) is 2.08. The maximum Gasteiger partial charge on any atom is 0.233 e. The number of carbonyl (C=O) groups excluding carboxylic acids is 1. The van der Waals surface area contributed by atoms with Crippen LogP contribution in [-0.4, -0.2) is 24.3 Å². The van der Waals surface area contributed by atoms with Gasteiger partial charge in [-0.3, -0.25) is 9.69 Å². The molecule has 1 amide bonds. The Morgan fingerprint density at radius 1 is 1.47 bits per heavy atom. The molecule has 4 heteroatoms. The van der Waals surface area contributed by atoms with Gasteiger partial charge in [-0.15, -0.1) is 0 Å². The molecule has 0 unspecified atom stereocenters. The number of hydrogen-bond acceptors (Lipinski definition) is 3. The number of aliphatic hydroxyl groups excluding tert-OH is 1. The molecule has 0 spiro atoms. The number of aliphatic hydroxyl groups is 1. The summed E-state index contributed by atoms with van der Waals surface area (Å²) in [7, 11) is 0. The smallest absolute Gasteiger partial charge is 0.233 e. The molecular weight excluding hydrogens is 216 g/mol. The highest BCUT2D eigenvalue weighted by molar-refractivity contribution is 6.01. The van der Waals surface area contributed by atoms with Crippen LogP contribution >= 0.6 is 0 Å². The zero-order valence-corrected chi connectivity index (χ0v) is 10.2. The first-order chi connectivity index (χ1) is 7.99. The van der Waals surface area contributed by atoms with Crippen LogP contribution in [0.4, 0.5) is 5.69 Å². The quantitative estimate of drug-likeness (QED) is 0.811. The molecule has 1 aromatic rings. The lowest BCUT2D eigenvalue weighted by atomic mass is 9.84. The van der Waals surface area contributed by atoms with Crippen molar-refractivity contribution in [2.24, 2.45) is 5.73 Å². The Hall–Kier alpha value is -1.39. The van der Waals surface area contributed by atoms with E-state index in [1.807, 2.05) is 18.2 Å².